The molecule has 0 unspecified atom stereocenters. The first-order chi connectivity index (χ1) is 17.1. The van der Waals surface area contributed by atoms with Gasteiger partial charge in [0, 0.05) is 31.7 Å². The molecule has 0 radical (unpaired) electrons. The molecule has 0 saturated carbocycles. The second-order valence-electron chi connectivity index (χ2n) is 8.76. The molecule has 196 valence electrons. The third-order valence-corrected chi connectivity index (χ3v) is 6.30. The SMILES string of the molecule is NC(=O)CN1CC[C@H](CNc2ncnc(N3CCOC[C@@H]3c3ccc(C(F)(F)F)cn3)c2F)[C@H](F)C1. The Labute approximate surface area is 203 Å². The molecule has 36 heavy (non-hydrogen) atoms. The fourth-order valence-corrected chi connectivity index (χ4v) is 4.39. The smallest absolute Gasteiger partial charge is 0.377 e. The quantitative estimate of drug-likeness (QED) is 0.540. The number of anilines is 2. The van der Waals surface area contributed by atoms with Crippen LogP contribution in [0.3, 0.4) is 0 Å². The number of nitrogens with one attached hydrogen (secondary N) is 1. The Balaban J connectivity index is 1.46. The second kappa shape index (κ2) is 10.9. The van der Waals surface area contributed by atoms with Crippen molar-refractivity contribution < 1.29 is 31.5 Å². The van der Waals surface area contributed by atoms with Gasteiger partial charge in [0.15, 0.2) is 11.6 Å². The third-order valence-electron chi connectivity index (χ3n) is 6.30. The fourth-order valence-electron chi connectivity index (χ4n) is 4.39. The first kappa shape index (κ1) is 25.9. The molecule has 2 aliphatic heterocycles. The van der Waals surface area contributed by atoms with Crippen molar-refractivity contribution in [1.29, 1.82) is 0 Å². The summed E-state index contributed by atoms with van der Waals surface area (Å²) in [5, 5.41) is 2.85. The lowest BCUT2D eigenvalue weighted by atomic mass is 9.95. The topological polar surface area (TPSA) is 110 Å². The summed E-state index contributed by atoms with van der Waals surface area (Å²) in [7, 11) is 0. The number of nitrogens with two attached hydrogens (primary N) is 1. The highest BCUT2D eigenvalue weighted by Gasteiger charge is 2.34. The van der Waals surface area contributed by atoms with E-state index in [0.717, 1.165) is 18.6 Å². The number of rotatable bonds is 7. The van der Waals surface area contributed by atoms with E-state index >= 15 is 4.39 Å². The number of aromatic nitrogens is 3. The molecule has 0 spiro atoms. The van der Waals surface area contributed by atoms with Crippen LogP contribution in [0.1, 0.15) is 23.7 Å². The Morgan fingerprint density at radius 3 is 2.69 bits per heavy atom. The van der Waals surface area contributed by atoms with Crippen molar-refractivity contribution in [2.24, 2.45) is 11.7 Å². The van der Waals surface area contributed by atoms with Crippen LogP contribution in [-0.4, -0.2) is 77.9 Å². The van der Waals surface area contributed by atoms with E-state index in [9.17, 15) is 22.4 Å². The molecule has 0 aromatic carbocycles. The number of halogens is 5. The summed E-state index contributed by atoms with van der Waals surface area (Å²) in [4.78, 5) is 26.2. The average Bonchev–Trinajstić information content (AvgIpc) is 2.83. The van der Waals surface area contributed by atoms with E-state index in [1.165, 1.54) is 6.07 Å². The van der Waals surface area contributed by atoms with Crippen molar-refractivity contribution in [3.05, 3.63) is 41.7 Å². The molecule has 3 N–H and O–H groups in total. The first-order valence-corrected chi connectivity index (χ1v) is 11.4. The maximum absolute atomic E-state index is 15.4. The number of alkyl halides is 4. The van der Waals surface area contributed by atoms with Crippen LogP contribution < -0.4 is 16.0 Å². The summed E-state index contributed by atoms with van der Waals surface area (Å²) < 4.78 is 74.2. The molecule has 0 bridgehead atoms. The molecule has 14 heteroatoms. The molecular formula is C22H26F5N7O2. The summed E-state index contributed by atoms with van der Waals surface area (Å²) in [6.07, 6.45) is -3.41. The van der Waals surface area contributed by atoms with Gasteiger partial charge in [0.05, 0.1) is 37.1 Å². The molecule has 1 amide bonds. The summed E-state index contributed by atoms with van der Waals surface area (Å²) in [5.74, 6) is -1.88. The minimum atomic E-state index is -4.52. The van der Waals surface area contributed by atoms with Gasteiger partial charge < -0.3 is 20.7 Å². The summed E-state index contributed by atoms with van der Waals surface area (Å²) in [5.41, 5.74) is 4.56. The average molecular weight is 515 g/mol. The van der Waals surface area contributed by atoms with Crippen molar-refractivity contribution >= 4 is 17.5 Å². The molecule has 2 aromatic rings. The number of carbonyl (C=O) groups excluding carboxylic acids is 1. The van der Waals surface area contributed by atoms with Crippen LogP contribution in [0.25, 0.3) is 0 Å². The van der Waals surface area contributed by atoms with Gasteiger partial charge in [-0.25, -0.2) is 14.4 Å². The van der Waals surface area contributed by atoms with E-state index in [4.69, 9.17) is 10.5 Å². The monoisotopic (exact) mass is 515 g/mol. The Kier molecular flexibility index (Phi) is 7.83. The van der Waals surface area contributed by atoms with Gasteiger partial charge in [0.2, 0.25) is 11.7 Å². The zero-order valence-electron chi connectivity index (χ0n) is 19.2. The van der Waals surface area contributed by atoms with Gasteiger partial charge in [-0.3, -0.25) is 14.7 Å². The molecule has 4 rings (SSSR count). The number of amides is 1. The number of carbonyl (C=O) groups is 1. The zero-order chi connectivity index (χ0) is 25.9. The normalized spacial score (nSPS) is 23.5. The van der Waals surface area contributed by atoms with Crippen molar-refractivity contribution in [3.63, 3.8) is 0 Å². The van der Waals surface area contributed by atoms with Crippen molar-refractivity contribution in [1.82, 2.24) is 19.9 Å². The molecule has 2 saturated heterocycles. The summed E-state index contributed by atoms with van der Waals surface area (Å²) in [6.45, 7) is 1.22. The predicted molar refractivity (Wildman–Crippen MR) is 119 cm³/mol. The number of piperidine rings is 1. The number of morpholine rings is 1. The van der Waals surface area contributed by atoms with Crippen molar-refractivity contribution in [3.8, 4) is 0 Å². The number of nitrogens with zero attached hydrogens (tertiary/aromatic N) is 5. The number of likely N-dealkylation sites (tertiary alicyclic amines) is 1. The van der Waals surface area contributed by atoms with E-state index < -0.39 is 41.6 Å². The van der Waals surface area contributed by atoms with Gasteiger partial charge >= 0.3 is 6.18 Å². The van der Waals surface area contributed by atoms with Gasteiger partial charge in [-0.05, 0) is 25.1 Å². The van der Waals surface area contributed by atoms with Crippen LogP contribution in [-0.2, 0) is 15.7 Å². The Hall–Kier alpha value is -3.13. The number of ether oxygens (including phenoxy) is 1. The maximum Gasteiger partial charge on any atom is 0.417 e. The van der Waals surface area contributed by atoms with Crippen LogP contribution in [0.4, 0.5) is 33.6 Å². The van der Waals surface area contributed by atoms with E-state index in [1.807, 2.05) is 0 Å². The lowest BCUT2D eigenvalue weighted by Crippen LogP contribution is -2.46. The van der Waals surface area contributed by atoms with E-state index in [1.54, 1.807) is 9.80 Å². The summed E-state index contributed by atoms with van der Waals surface area (Å²) in [6, 6.07) is 1.49. The van der Waals surface area contributed by atoms with Crippen LogP contribution in [0, 0.1) is 11.7 Å². The lowest BCUT2D eigenvalue weighted by molar-refractivity contribution is -0.137. The lowest BCUT2D eigenvalue weighted by Gasteiger charge is -2.36. The van der Waals surface area contributed by atoms with Crippen LogP contribution >= 0.6 is 0 Å². The molecule has 0 aliphatic carbocycles. The first-order valence-electron chi connectivity index (χ1n) is 11.4. The molecule has 2 aliphatic rings. The Morgan fingerprint density at radius 1 is 1.22 bits per heavy atom. The van der Waals surface area contributed by atoms with E-state index in [2.05, 4.69) is 20.3 Å². The van der Waals surface area contributed by atoms with Gasteiger partial charge in [0.25, 0.3) is 0 Å². The second-order valence-corrected chi connectivity index (χ2v) is 8.76. The molecular weight excluding hydrogens is 489 g/mol. The highest BCUT2D eigenvalue weighted by Crippen LogP contribution is 2.33. The Bertz CT molecular complexity index is 1060. The number of hydrogen-bond acceptors (Lipinski definition) is 8. The highest BCUT2D eigenvalue weighted by molar-refractivity contribution is 5.75. The van der Waals surface area contributed by atoms with Gasteiger partial charge in [-0.15, -0.1) is 0 Å². The number of hydrogen-bond donors (Lipinski definition) is 2. The maximum atomic E-state index is 15.4. The summed E-state index contributed by atoms with van der Waals surface area (Å²) >= 11 is 0. The predicted octanol–water partition coefficient (Wildman–Crippen LogP) is 2.16. The molecule has 3 atom stereocenters. The molecule has 4 heterocycles. The Morgan fingerprint density at radius 2 is 2.03 bits per heavy atom. The van der Waals surface area contributed by atoms with Crippen molar-refractivity contribution in [2.45, 2.75) is 24.8 Å². The molecule has 2 fully saturated rings. The van der Waals surface area contributed by atoms with Gasteiger partial charge in [-0.2, -0.15) is 17.6 Å². The largest absolute Gasteiger partial charge is 0.417 e. The van der Waals surface area contributed by atoms with Crippen LogP contribution in [0.5, 0.6) is 0 Å². The van der Waals surface area contributed by atoms with Crippen LogP contribution in [0.15, 0.2) is 24.7 Å². The third kappa shape index (κ3) is 5.98. The molecule has 9 nitrogen and oxygen atoms in total. The van der Waals surface area contributed by atoms with Gasteiger partial charge in [-0.1, -0.05) is 0 Å². The fraction of sp³-hybridized carbons (Fsp3) is 0.545. The van der Waals surface area contributed by atoms with Crippen molar-refractivity contribution in [2.75, 3.05) is 56.2 Å². The highest BCUT2D eigenvalue weighted by atomic mass is 19.4. The number of primary amides is 1. The minimum absolute atomic E-state index is 0.0149. The zero-order valence-corrected chi connectivity index (χ0v) is 19.2. The number of pyridine rings is 1. The van der Waals surface area contributed by atoms with Gasteiger partial charge in [0.1, 0.15) is 12.5 Å². The minimum Gasteiger partial charge on any atom is -0.377 e. The standard InChI is InChI=1S/C22H26F5N7O2/c23-15-9-33(10-18(28)35)4-3-13(15)7-30-20-19(24)21(32-12-31-20)34-5-6-36-11-17(34)16-2-1-14(8-29-16)22(25,26)27/h1-2,8,12-13,15,17H,3-7,9-11H2,(H2,28,35)(H,30,31,32)/t13-,15-,17-/m1/s1. The van der Waals surface area contributed by atoms with E-state index in [0.29, 0.717) is 13.0 Å². The van der Waals surface area contributed by atoms with E-state index in [-0.39, 0.29) is 56.7 Å². The molecule has 2 aromatic heterocycles. The van der Waals surface area contributed by atoms with Crippen LogP contribution in [0.2, 0.25) is 0 Å².